The summed E-state index contributed by atoms with van der Waals surface area (Å²) < 4.78 is 0. The highest BCUT2D eigenvalue weighted by molar-refractivity contribution is 5.35. The molecule has 0 atom stereocenters. The fourth-order valence-electron chi connectivity index (χ4n) is 0.803. The molecular formula is C6H6N2O4. The van der Waals surface area contributed by atoms with E-state index in [1.54, 1.807) is 0 Å². The zero-order valence-electron chi connectivity index (χ0n) is 5.98. The molecule has 0 bridgehead atoms. The van der Waals surface area contributed by atoms with Crippen molar-refractivity contribution in [2.75, 3.05) is 0 Å². The Morgan fingerprint density at radius 1 is 1.67 bits per heavy atom. The molecule has 0 aliphatic heterocycles. The molecule has 0 fully saturated rings. The van der Waals surface area contributed by atoms with Gasteiger partial charge in [-0.3, -0.25) is 14.9 Å². The predicted octanol–water partition coefficient (Wildman–Crippen LogP) is -0.225. The van der Waals surface area contributed by atoms with Crippen molar-refractivity contribution < 1.29 is 10.0 Å². The summed E-state index contributed by atoms with van der Waals surface area (Å²) >= 11 is 0. The first-order valence-corrected chi connectivity index (χ1v) is 3.12. The van der Waals surface area contributed by atoms with Gasteiger partial charge in [0.15, 0.2) is 0 Å². The summed E-state index contributed by atoms with van der Waals surface area (Å²) in [5.74, 6) is 0. The van der Waals surface area contributed by atoms with Crippen LogP contribution in [0.5, 0.6) is 0 Å². The average Bonchev–Trinajstić information content (AvgIpc) is 2.03. The van der Waals surface area contributed by atoms with Crippen molar-refractivity contribution in [2.24, 2.45) is 0 Å². The largest absolute Gasteiger partial charge is 0.391 e. The highest BCUT2D eigenvalue weighted by Crippen LogP contribution is 2.13. The van der Waals surface area contributed by atoms with Gasteiger partial charge in [0.1, 0.15) is 0 Å². The van der Waals surface area contributed by atoms with Gasteiger partial charge < -0.3 is 10.1 Å². The maximum absolute atomic E-state index is 10.6. The van der Waals surface area contributed by atoms with E-state index in [1.807, 2.05) is 0 Å². The molecule has 0 unspecified atom stereocenters. The molecular weight excluding hydrogens is 164 g/mol. The first kappa shape index (κ1) is 8.41. The maximum Gasteiger partial charge on any atom is 0.291 e. The minimum absolute atomic E-state index is 0.0174. The van der Waals surface area contributed by atoms with E-state index in [2.05, 4.69) is 4.98 Å². The molecule has 1 aromatic rings. The van der Waals surface area contributed by atoms with Gasteiger partial charge in [-0.1, -0.05) is 0 Å². The number of hydrogen-bond acceptors (Lipinski definition) is 4. The standard InChI is InChI=1S/C6H6N2O4/c9-3-4-1-6(10)7-2-5(4)8(11)12/h1-2,9H,3H2,(H,7,10). The third-order valence-electron chi connectivity index (χ3n) is 1.35. The second-order valence-corrected chi connectivity index (χ2v) is 2.12. The van der Waals surface area contributed by atoms with Gasteiger partial charge in [-0.2, -0.15) is 0 Å². The van der Waals surface area contributed by atoms with Gasteiger partial charge in [0.25, 0.3) is 5.69 Å². The number of nitrogens with one attached hydrogen (secondary N) is 1. The fourth-order valence-corrected chi connectivity index (χ4v) is 0.803. The van der Waals surface area contributed by atoms with Gasteiger partial charge in [0.2, 0.25) is 5.56 Å². The molecule has 0 saturated carbocycles. The minimum Gasteiger partial charge on any atom is -0.391 e. The van der Waals surface area contributed by atoms with Crippen LogP contribution in [0.15, 0.2) is 17.1 Å². The number of rotatable bonds is 2. The van der Waals surface area contributed by atoms with E-state index in [0.29, 0.717) is 0 Å². The lowest BCUT2D eigenvalue weighted by Crippen LogP contribution is -2.07. The number of aromatic nitrogens is 1. The smallest absolute Gasteiger partial charge is 0.291 e. The molecule has 2 N–H and O–H groups in total. The first-order valence-electron chi connectivity index (χ1n) is 3.12. The van der Waals surface area contributed by atoms with Crippen molar-refractivity contribution in [2.45, 2.75) is 6.61 Å². The Kier molecular flexibility index (Phi) is 2.20. The lowest BCUT2D eigenvalue weighted by Gasteiger charge is -1.95. The average molecular weight is 170 g/mol. The van der Waals surface area contributed by atoms with Gasteiger partial charge in [-0.05, 0) is 0 Å². The van der Waals surface area contributed by atoms with Crippen molar-refractivity contribution in [1.82, 2.24) is 4.98 Å². The van der Waals surface area contributed by atoms with Crippen LogP contribution in [0.2, 0.25) is 0 Å². The number of H-pyrrole nitrogens is 1. The molecule has 1 rings (SSSR count). The number of aromatic amines is 1. The topological polar surface area (TPSA) is 96.2 Å². The van der Waals surface area contributed by atoms with Crippen molar-refractivity contribution >= 4 is 5.69 Å². The van der Waals surface area contributed by atoms with Crippen LogP contribution in [-0.4, -0.2) is 15.0 Å². The van der Waals surface area contributed by atoms with Gasteiger partial charge in [-0.25, -0.2) is 0 Å². The van der Waals surface area contributed by atoms with E-state index in [9.17, 15) is 14.9 Å². The zero-order chi connectivity index (χ0) is 9.14. The predicted molar refractivity (Wildman–Crippen MR) is 39.6 cm³/mol. The second-order valence-electron chi connectivity index (χ2n) is 2.12. The van der Waals surface area contributed by atoms with Crippen LogP contribution in [0.1, 0.15) is 5.56 Å². The quantitative estimate of drug-likeness (QED) is 0.473. The van der Waals surface area contributed by atoms with Crippen LogP contribution in [0.3, 0.4) is 0 Å². The number of aliphatic hydroxyl groups excluding tert-OH is 1. The van der Waals surface area contributed by atoms with Gasteiger partial charge in [0.05, 0.1) is 23.3 Å². The Balaban J connectivity index is 3.29. The van der Waals surface area contributed by atoms with Crippen molar-refractivity contribution in [3.8, 4) is 0 Å². The molecule has 0 aliphatic carbocycles. The molecule has 1 aromatic heterocycles. The Bertz CT molecular complexity index is 357. The number of hydrogen-bond donors (Lipinski definition) is 2. The third kappa shape index (κ3) is 1.48. The number of nitrogens with zero attached hydrogens (tertiary/aromatic N) is 1. The maximum atomic E-state index is 10.6. The van der Waals surface area contributed by atoms with E-state index >= 15 is 0 Å². The molecule has 0 amide bonds. The highest BCUT2D eigenvalue weighted by Gasteiger charge is 2.12. The SMILES string of the molecule is O=c1cc(CO)c([N+](=O)[O-])c[nH]1. The van der Waals surface area contributed by atoms with Gasteiger partial charge in [-0.15, -0.1) is 0 Å². The molecule has 0 saturated heterocycles. The van der Waals surface area contributed by atoms with Gasteiger partial charge in [0, 0.05) is 6.07 Å². The summed E-state index contributed by atoms with van der Waals surface area (Å²) in [7, 11) is 0. The van der Waals surface area contributed by atoms with Crippen LogP contribution in [-0.2, 0) is 6.61 Å². The Morgan fingerprint density at radius 3 is 2.83 bits per heavy atom. The monoisotopic (exact) mass is 170 g/mol. The van der Waals surface area contributed by atoms with E-state index in [-0.39, 0.29) is 11.3 Å². The summed E-state index contributed by atoms with van der Waals surface area (Å²) in [6, 6.07) is 0.998. The lowest BCUT2D eigenvalue weighted by atomic mass is 10.2. The van der Waals surface area contributed by atoms with Crippen molar-refractivity contribution in [3.63, 3.8) is 0 Å². The molecule has 0 spiro atoms. The molecule has 64 valence electrons. The molecule has 6 nitrogen and oxygen atoms in total. The normalized spacial score (nSPS) is 9.75. The summed E-state index contributed by atoms with van der Waals surface area (Å²) in [5.41, 5.74) is -0.731. The summed E-state index contributed by atoms with van der Waals surface area (Å²) in [6.07, 6.45) is 0.966. The van der Waals surface area contributed by atoms with Gasteiger partial charge >= 0.3 is 0 Å². The van der Waals surface area contributed by atoms with E-state index in [4.69, 9.17) is 5.11 Å². The van der Waals surface area contributed by atoms with E-state index in [0.717, 1.165) is 12.3 Å². The molecule has 0 radical (unpaired) electrons. The van der Waals surface area contributed by atoms with Crippen molar-refractivity contribution in [1.29, 1.82) is 0 Å². The highest BCUT2D eigenvalue weighted by atomic mass is 16.6. The summed E-state index contributed by atoms with van der Waals surface area (Å²) in [4.78, 5) is 22.4. The Hall–Kier alpha value is -1.69. The molecule has 12 heavy (non-hydrogen) atoms. The molecule has 6 heteroatoms. The number of aliphatic hydroxyl groups is 1. The van der Waals surface area contributed by atoms with Crippen molar-refractivity contribution in [3.05, 3.63) is 38.3 Å². The number of nitro groups is 1. The van der Waals surface area contributed by atoms with E-state index in [1.165, 1.54) is 0 Å². The molecule has 0 aliphatic rings. The Morgan fingerprint density at radius 2 is 2.33 bits per heavy atom. The van der Waals surface area contributed by atoms with Crippen LogP contribution in [0.25, 0.3) is 0 Å². The molecule has 1 heterocycles. The summed E-state index contributed by atoms with van der Waals surface area (Å²) in [6.45, 7) is -0.514. The Labute approximate surface area is 66.6 Å². The lowest BCUT2D eigenvalue weighted by molar-refractivity contribution is -0.386. The summed E-state index contributed by atoms with van der Waals surface area (Å²) in [5, 5.41) is 18.9. The fraction of sp³-hybridized carbons (Fsp3) is 0.167. The number of pyridine rings is 1. The minimum atomic E-state index is -0.665. The van der Waals surface area contributed by atoms with Crippen LogP contribution >= 0.6 is 0 Å². The van der Waals surface area contributed by atoms with E-state index < -0.39 is 17.1 Å². The molecule has 0 aromatic carbocycles. The third-order valence-corrected chi connectivity index (χ3v) is 1.35. The second kappa shape index (κ2) is 3.14. The van der Waals surface area contributed by atoms with Crippen LogP contribution < -0.4 is 5.56 Å². The zero-order valence-corrected chi connectivity index (χ0v) is 5.98. The van der Waals surface area contributed by atoms with Crippen LogP contribution in [0.4, 0.5) is 5.69 Å². The first-order chi connectivity index (χ1) is 5.65. The van der Waals surface area contributed by atoms with Crippen LogP contribution in [0, 0.1) is 10.1 Å².